The van der Waals surface area contributed by atoms with Crippen molar-refractivity contribution in [1.82, 2.24) is 5.32 Å². The summed E-state index contributed by atoms with van der Waals surface area (Å²) in [5, 5.41) is 2.85. The van der Waals surface area contributed by atoms with Gasteiger partial charge in [0.1, 0.15) is 0 Å². The van der Waals surface area contributed by atoms with E-state index >= 15 is 0 Å². The SMILES string of the molecule is O=C1CSc2c(Br)cccc2CN1. The Morgan fingerprint density at radius 2 is 2.31 bits per heavy atom. The van der Waals surface area contributed by atoms with Crippen LogP contribution in [0.3, 0.4) is 0 Å². The minimum atomic E-state index is 0.105. The molecule has 1 aliphatic rings. The molecule has 0 spiro atoms. The van der Waals surface area contributed by atoms with E-state index in [1.54, 1.807) is 11.8 Å². The van der Waals surface area contributed by atoms with Crippen LogP contribution in [-0.2, 0) is 11.3 Å². The molecule has 0 bridgehead atoms. The van der Waals surface area contributed by atoms with Gasteiger partial charge < -0.3 is 5.32 Å². The van der Waals surface area contributed by atoms with Crippen molar-refractivity contribution in [1.29, 1.82) is 0 Å². The minimum Gasteiger partial charge on any atom is -0.351 e. The fourth-order valence-corrected chi connectivity index (χ4v) is 2.90. The molecule has 2 nitrogen and oxygen atoms in total. The molecule has 1 aliphatic heterocycles. The third-order valence-corrected chi connectivity index (χ3v) is 3.97. The van der Waals surface area contributed by atoms with Crippen molar-refractivity contribution < 1.29 is 4.79 Å². The highest BCUT2D eigenvalue weighted by Crippen LogP contribution is 2.32. The topological polar surface area (TPSA) is 29.1 Å². The Labute approximate surface area is 89.2 Å². The number of hydrogen-bond donors (Lipinski definition) is 1. The number of carbonyl (C=O) groups is 1. The second-order valence-corrected chi connectivity index (χ2v) is 4.63. The summed E-state index contributed by atoms with van der Waals surface area (Å²) in [6.45, 7) is 0.639. The summed E-state index contributed by atoms with van der Waals surface area (Å²) in [4.78, 5) is 12.3. The first-order valence-corrected chi connectivity index (χ1v) is 5.72. The van der Waals surface area contributed by atoms with Gasteiger partial charge in [0.2, 0.25) is 5.91 Å². The predicted molar refractivity (Wildman–Crippen MR) is 56.7 cm³/mol. The molecule has 68 valence electrons. The lowest BCUT2D eigenvalue weighted by Crippen LogP contribution is -2.22. The number of fused-ring (bicyclic) bond motifs is 1. The van der Waals surface area contributed by atoms with Crippen molar-refractivity contribution >= 4 is 33.6 Å². The average molecular weight is 258 g/mol. The predicted octanol–water partition coefficient (Wildman–Crippen LogP) is 2.17. The zero-order chi connectivity index (χ0) is 9.26. The van der Waals surface area contributed by atoms with Crippen LogP contribution >= 0.6 is 27.7 Å². The van der Waals surface area contributed by atoms with E-state index < -0.39 is 0 Å². The quantitative estimate of drug-likeness (QED) is 0.772. The summed E-state index contributed by atoms with van der Waals surface area (Å²) >= 11 is 5.06. The van der Waals surface area contributed by atoms with E-state index in [4.69, 9.17) is 0 Å². The maximum atomic E-state index is 11.1. The highest BCUT2D eigenvalue weighted by Gasteiger charge is 2.14. The Hall–Kier alpha value is -0.480. The first kappa shape index (κ1) is 9.09. The fraction of sp³-hybridized carbons (Fsp3) is 0.222. The first-order valence-electron chi connectivity index (χ1n) is 3.94. The van der Waals surface area contributed by atoms with Crippen LogP contribution in [0.5, 0.6) is 0 Å². The van der Waals surface area contributed by atoms with E-state index in [0.717, 1.165) is 4.47 Å². The highest BCUT2D eigenvalue weighted by atomic mass is 79.9. The number of halogens is 1. The van der Waals surface area contributed by atoms with Crippen molar-refractivity contribution in [3.05, 3.63) is 28.2 Å². The number of benzene rings is 1. The molecule has 0 fully saturated rings. The summed E-state index contributed by atoms with van der Waals surface area (Å²) in [6, 6.07) is 6.03. The summed E-state index contributed by atoms with van der Waals surface area (Å²) in [7, 11) is 0. The number of nitrogens with one attached hydrogen (secondary N) is 1. The van der Waals surface area contributed by atoms with Crippen LogP contribution in [0.2, 0.25) is 0 Å². The van der Waals surface area contributed by atoms with Gasteiger partial charge in [-0.15, -0.1) is 11.8 Å². The molecule has 13 heavy (non-hydrogen) atoms. The van der Waals surface area contributed by atoms with E-state index in [9.17, 15) is 4.79 Å². The molecule has 1 N–H and O–H groups in total. The second kappa shape index (κ2) is 3.72. The zero-order valence-corrected chi connectivity index (χ0v) is 9.24. The smallest absolute Gasteiger partial charge is 0.230 e. The van der Waals surface area contributed by atoms with Gasteiger partial charge in [0, 0.05) is 15.9 Å². The van der Waals surface area contributed by atoms with Crippen molar-refractivity contribution in [3.63, 3.8) is 0 Å². The molecule has 1 heterocycles. The maximum Gasteiger partial charge on any atom is 0.230 e. The van der Waals surface area contributed by atoms with Gasteiger partial charge in [0.05, 0.1) is 5.75 Å². The Morgan fingerprint density at radius 1 is 1.46 bits per heavy atom. The van der Waals surface area contributed by atoms with E-state index in [2.05, 4.69) is 21.2 Å². The minimum absolute atomic E-state index is 0.105. The Morgan fingerprint density at radius 3 is 3.15 bits per heavy atom. The number of carbonyl (C=O) groups excluding carboxylic acids is 1. The first-order chi connectivity index (χ1) is 6.27. The molecule has 2 rings (SSSR count). The standard InChI is InChI=1S/C9H8BrNOS/c10-7-3-1-2-6-4-11-8(12)5-13-9(6)7/h1-3H,4-5H2,(H,11,12). The average Bonchev–Trinajstić information content (AvgIpc) is 2.30. The molecule has 4 heteroatoms. The van der Waals surface area contributed by atoms with Gasteiger partial charge in [-0.25, -0.2) is 0 Å². The molecule has 0 aliphatic carbocycles. The lowest BCUT2D eigenvalue weighted by Gasteiger charge is -2.05. The molecule has 1 aromatic carbocycles. The van der Waals surface area contributed by atoms with Crippen molar-refractivity contribution in [2.75, 3.05) is 5.75 Å². The lowest BCUT2D eigenvalue weighted by atomic mass is 10.2. The van der Waals surface area contributed by atoms with Gasteiger partial charge in [0.25, 0.3) is 0 Å². The lowest BCUT2D eigenvalue weighted by molar-refractivity contribution is -0.118. The molecular weight excluding hydrogens is 250 g/mol. The molecule has 1 aromatic rings. The number of hydrogen-bond acceptors (Lipinski definition) is 2. The third-order valence-electron chi connectivity index (χ3n) is 1.87. The summed E-state index contributed by atoms with van der Waals surface area (Å²) < 4.78 is 1.08. The van der Waals surface area contributed by atoms with Crippen LogP contribution in [0, 0.1) is 0 Å². The molecule has 0 atom stereocenters. The Balaban J connectivity index is 2.40. The van der Waals surface area contributed by atoms with Gasteiger partial charge in [0.15, 0.2) is 0 Å². The molecule has 0 aromatic heterocycles. The van der Waals surface area contributed by atoms with Gasteiger partial charge in [-0.05, 0) is 27.6 Å². The van der Waals surface area contributed by atoms with Crippen LogP contribution < -0.4 is 5.32 Å². The second-order valence-electron chi connectivity index (χ2n) is 2.79. The third kappa shape index (κ3) is 1.89. The molecular formula is C9H8BrNOS. The van der Waals surface area contributed by atoms with E-state index in [1.807, 2.05) is 18.2 Å². The van der Waals surface area contributed by atoms with E-state index in [0.29, 0.717) is 12.3 Å². The normalized spacial score (nSPS) is 15.9. The van der Waals surface area contributed by atoms with Gasteiger partial charge in [-0.3, -0.25) is 4.79 Å². The van der Waals surface area contributed by atoms with Crippen LogP contribution in [0.4, 0.5) is 0 Å². The zero-order valence-electron chi connectivity index (χ0n) is 6.84. The molecule has 0 saturated carbocycles. The summed E-state index contributed by atoms with van der Waals surface area (Å²) in [5.41, 5.74) is 1.19. The van der Waals surface area contributed by atoms with E-state index in [-0.39, 0.29) is 5.91 Å². The largest absolute Gasteiger partial charge is 0.351 e. The number of rotatable bonds is 0. The Kier molecular flexibility index (Phi) is 2.60. The monoisotopic (exact) mass is 257 g/mol. The van der Waals surface area contributed by atoms with Crippen molar-refractivity contribution in [2.45, 2.75) is 11.4 Å². The fourth-order valence-electron chi connectivity index (χ4n) is 1.24. The molecule has 0 saturated heterocycles. The van der Waals surface area contributed by atoms with Crippen LogP contribution in [-0.4, -0.2) is 11.7 Å². The highest BCUT2D eigenvalue weighted by molar-refractivity contribution is 9.10. The Bertz CT molecular complexity index is 353. The van der Waals surface area contributed by atoms with Gasteiger partial charge in [-0.2, -0.15) is 0 Å². The number of amides is 1. The van der Waals surface area contributed by atoms with Crippen LogP contribution in [0.15, 0.2) is 27.6 Å². The van der Waals surface area contributed by atoms with Crippen LogP contribution in [0.25, 0.3) is 0 Å². The van der Waals surface area contributed by atoms with Crippen molar-refractivity contribution in [3.8, 4) is 0 Å². The molecule has 1 amide bonds. The molecule has 0 radical (unpaired) electrons. The van der Waals surface area contributed by atoms with E-state index in [1.165, 1.54) is 10.5 Å². The number of thioether (sulfide) groups is 1. The summed E-state index contributed by atoms with van der Waals surface area (Å²) in [5.74, 6) is 0.614. The van der Waals surface area contributed by atoms with Gasteiger partial charge >= 0.3 is 0 Å². The van der Waals surface area contributed by atoms with Crippen molar-refractivity contribution in [2.24, 2.45) is 0 Å². The summed E-state index contributed by atoms with van der Waals surface area (Å²) in [6.07, 6.45) is 0. The maximum absolute atomic E-state index is 11.1. The van der Waals surface area contributed by atoms with Crippen LogP contribution in [0.1, 0.15) is 5.56 Å². The molecule has 0 unspecified atom stereocenters. The van der Waals surface area contributed by atoms with Gasteiger partial charge in [-0.1, -0.05) is 12.1 Å².